The van der Waals surface area contributed by atoms with Gasteiger partial charge in [-0.15, -0.1) is 11.3 Å². The van der Waals surface area contributed by atoms with Crippen molar-refractivity contribution >= 4 is 32.4 Å². The summed E-state index contributed by atoms with van der Waals surface area (Å²) in [6.45, 7) is 1.01. The van der Waals surface area contributed by atoms with E-state index < -0.39 is 15.9 Å². The van der Waals surface area contributed by atoms with Crippen LogP contribution in [0.25, 0.3) is 11.3 Å². The van der Waals surface area contributed by atoms with Crippen molar-refractivity contribution in [3.63, 3.8) is 0 Å². The number of amides is 1. The van der Waals surface area contributed by atoms with Gasteiger partial charge in [-0.25, -0.2) is 13.4 Å². The van der Waals surface area contributed by atoms with Crippen molar-refractivity contribution in [1.29, 1.82) is 0 Å². The van der Waals surface area contributed by atoms with Gasteiger partial charge in [-0.3, -0.25) is 14.9 Å². The summed E-state index contributed by atoms with van der Waals surface area (Å²) in [5, 5.41) is 4.91. The number of carbonyl (C=O) groups excluding carboxylic acids is 1. The van der Waals surface area contributed by atoms with Gasteiger partial charge >= 0.3 is 0 Å². The van der Waals surface area contributed by atoms with Crippen molar-refractivity contribution in [1.82, 2.24) is 9.45 Å². The number of benzene rings is 2. The van der Waals surface area contributed by atoms with Gasteiger partial charge in [0.25, 0.3) is 15.9 Å². The van der Waals surface area contributed by atoms with E-state index >= 15 is 0 Å². The average molecular weight is 462 g/mol. The molecule has 0 radical (unpaired) electrons. The second-order valence-electron chi connectivity index (χ2n) is 6.48. The maximum atomic E-state index is 12.6. The molecule has 0 saturated heterocycles. The molecule has 0 unspecified atom stereocenters. The lowest BCUT2D eigenvalue weighted by molar-refractivity contribution is -0.0258. The Labute approximate surface area is 183 Å². The van der Waals surface area contributed by atoms with E-state index in [9.17, 15) is 13.2 Å². The Balaban J connectivity index is 1.52. The summed E-state index contributed by atoms with van der Waals surface area (Å²) in [6.07, 6.45) is 0. The molecule has 0 saturated carbocycles. The normalized spacial score (nSPS) is 13.3. The molecule has 11 heteroatoms. The van der Waals surface area contributed by atoms with Gasteiger partial charge in [-0.1, -0.05) is 10.5 Å². The molecular formula is C20H19N3O6S2. The third kappa shape index (κ3) is 4.39. The van der Waals surface area contributed by atoms with Crippen LogP contribution in [0.3, 0.4) is 0 Å². The lowest BCUT2D eigenvalue weighted by Crippen LogP contribution is -2.26. The van der Waals surface area contributed by atoms with Gasteiger partial charge < -0.3 is 9.47 Å². The number of sulfonamides is 1. The highest BCUT2D eigenvalue weighted by molar-refractivity contribution is 7.89. The van der Waals surface area contributed by atoms with Gasteiger partial charge in [0, 0.05) is 23.6 Å². The molecule has 31 heavy (non-hydrogen) atoms. The number of hydrogen-bond acceptors (Lipinski definition) is 8. The molecule has 4 rings (SSSR count). The van der Waals surface area contributed by atoms with Crippen LogP contribution in [0.15, 0.2) is 52.7 Å². The Bertz CT molecular complexity index is 1230. The zero-order valence-electron chi connectivity index (χ0n) is 16.7. The highest BCUT2D eigenvalue weighted by atomic mass is 32.2. The number of ether oxygens (including phenoxy) is 2. The van der Waals surface area contributed by atoms with Gasteiger partial charge in [0.2, 0.25) is 0 Å². The minimum absolute atomic E-state index is 0.0550. The lowest BCUT2D eigenvalue weighted by atomic mass is 10.1. The van der Waals surface area contributed by atoms with Crippen molar-refractivity contribution in [2.75, 3.05) is 32.7 Å². The summed E-state index contributed by atoms with van der Waals surface area (Å²) in [4.78, 5) is 21.8. The van der Waals surface area contributed by atoms with Gasteiger partial charge in [0.15, 0.2) is 16.6 Å². The van der Waals surface area contributed by atoms with Gasteiger partial charge in [0.1, 0.15) is 13.2 Å². The first-order valence-electron chi connectivity index (χ1n) is 9.18. The molecule has 3 aromatic rings. The maximum absolute atomic E-state index is 12.6. The van der Waals surface area contributed by atoms with Crippen LogP contribution >= 0.6 is 11.3 Å². The molecule has 2 heterocycles. The maximum Gasteiger partial charge on any atom is 0.264 e. The zero-order chi connectivity index (χ0) is 22.0. The molecule has 0 bridgehead atoms. The van der Waals surface area contributed by atoms with E-state index in [-0.39, 0.29) is 10.5 Å². The molecule has 0 spiro atoms. The first-order chi connectivity index (χ1) is 14.9. The Morgan fingerprint density at radius 1 is 1.16 bits per heavy atom. The van der Waals surface area contributed by atoms with Crippen LogP contribution in [0.2, 0.25) is 0 Å². The van der Waals surface area contributed by atoms with Crippen LogP contribution in [0.1, 0.15) is 10.4 Å². The monoisotopic (exact) mass is 461 g/mol. The molecule has 1 amide bonds. The summed E-state index contributed by atoms with van der Waals surface area (Å²) in [7, 11) is -1.34. The molecule has 1 aromatic heterocycles. The molecule has 0 fully saturated rings. The Hall–Kier alpha value is -2.99. The predicted octanol–water partition coefficient (Wildman–Crippen LogP) is 3.02. The third-order valence-corrected chi connectivity index (χ3v) is 6.99. The molecular weight excluding hydrogens is 442 g/mol. The minimum atomic E-state index is -3.86. The largest absolute Gasteiger partial charge is 0.486 e. The Morgan fingerprint density at radius 2 is 1.94 bits per heavy atom. The van der Waals surface area contributed by atoms with Crippen LogP contribution in [-0.4, -0.2) is 51.1 Å². The second-order valence-corrected chi connectivity index (χ2v) is 9.27. The fraction of sp³-hybridized carbons (Fsp3) is 0.200. The average Bonchev–Trinajstić information content (AvgIpc) is 3.26. The van der Waals surface area contributed by atoms with Crippen LogP contribution in [0.4, 0.5) is 5.13 Å². The van der Waals surface area contributed by atoms with Crippen molar-refractivity contribution < 1.29 is 27.5 Å². The van der Waals surface area contributed by atoms with E-state index in [0.717, 1.165) is 10.0 Å². The van der Waals surface area contributed by atoms with Gasteiger partial charge in [0.05, 0.1) is 17.7 Å². The van der Waals surface area contributed by atoms with Crippen molar-refractivity contribution in [3.05, 3.63) is 53.4 Å². The number of carbonyl (C=O) groups is 1. The van der Waals surface area contributed by atoms with E-state index in [1.807, 2.05) is 23.6 Å². The molecule has 0 atom stereocenters. The first-order valence-corrected chi connectivity index (χ1v) is 11.5. The van der Waals surface area contributed by atoms with E-state index in [1.54, 1.807) is 0 Å². The first kappa shape index (κ1) is 21.2. The summed E-state index contributed by atoms with van der Waals surface area (Å²) in [5.41, 5.74) is 1.69. The molecule has 0 aliphatic carbocycles. The van der Waals surface area contributed by atoms with E-state index in [2.05, 4.69) is 10.3 Å². The van der Waals surface area contributed by atoms with Crippen LogP contribution in [0.5, 0.6) is 11.5 Å². The number of nitrogens with zero attached hydrogens (tertiary/aromatic N) is 2. The van der Waals surface area contributed by atoms with E-state index in [0.29, 0.717) is 35.5 Å². The number of anilines is 1. The van der Waals surface area contributed by atoms with Crippen LogP contribution in [0, 0.1) is 0 Å². The summed E-state index contributed by atoms with van der Waals surface area (Å²) < 4.78 is 36.6. The standard InChI is InChI=1S/C20H19N3O6S2/c1-23(27-2)31(25,26)15-5-3-4-14(10-15)19(24)22-20-21-16(12-30-20)13-6-7-17-18(11-13)29-9-8-28-17/h3-7,10-12H,8-9H2,1-2H3,(H,21,22,24). The third-order valence-electron chi connectivity index (χ3n) is 4.55. The molecule has 2 aromatic carbocycles. The number of hydroxylamine groups is 1. The minimum Gasteiger partial charge on any atom is -0.486 e. The van der Waals surface area contributed by atoms with Crippen molar-refractivity contribution in [2.24, 2.45) is 0 Å². The van der Waals surface area contributed by atoms with Crippen molar-refractivity contribution in [2.45, 2.75) is 4.90 Å². The lowest BCUT2D eigenvalue weighted by Gasteiger charge is -2.18. The number of fused-ring (bicyclic) bond motifs is 1. The molecule has 9 nitrogen and oxygen atoms in total. The van der Waals surface area contributed by atoms with Crippen molar-refractivity contribution in [3.8, 4) is 22.8 Å². The summed E-state index contributed by atoms with van der Waals surface area (Å²) in [6, 6.07) is 11.2. The number of thiazole rings is 1. The molecule has 162 valence electrons. The second kappa shape index (κ2) is 8.63. The summed E-state index contributed by atoms with van der Waals surface area (Å²) >= 11 is 1.26. The number of nitrogens with one attached hydrogen (secondary N) is 1. The van der Waals surface area contributed by atoms with E-state index in [4.69, 9.17) is 14.3 Å². The molecule has 1 aliphatic rings. The predicted molar refractivity (Wildman–Crippen MR) is 115 cm³/mol. The highest BCUT2D eigenvalue weighted by Gasteiger charge is 2.22. The quantitative estimate of drug-likeness (QED) is 0.562. The fourth-order valence-electron chi connectivity index (χ4n) is 2.88. The van der Waals surface area contributed by atoms with Gasteiger partial charge in [-0.05, 0) is 36.4 Å². The zero-order valence-corrected chi connectivity index (χ0v) is 18.3. The Morgan fingerprint density at radius 3 is 2.71 bits per heavy atom. The fourth-order valence-corrected chi connectivity index (χ4v) is 4.61. The van der Waals surface area contributed by atoms with Gasteiger partial charge in [-0.2, -0.15) is 0 Å². The smallest absolute Gasteiger partial charge is 0.264 e. The highest BCUT2D eigenvalue weighted by Crippen LogP contribution is 2.35. The van der Waals surface area contributed by atoms with Crippen LogP contribution in [-0.2, 0) is 14.9 Å². The molecule has 1 aliphatic heterocycles. The van der Waals surface area contributed by atoms with Crippen LogP contribution < -0.4 is 14.8 Å². The van der Waals surface area contributed by atoms with E-state index in [1.165, 1.54) is 49.8 Å². The number of rotatable bonds is 6. The molecule has 1 N–H and O–H groups in total. The number of aromatic nitrogens is 1. The SMILES string of the molecule is CON(C)S(=O)(=O)c1cccc(C(=O)Nc2nc(-c3ccc4c(c3)OCCO4)cs2)c1. The summed E-state index contributed by atoms with van der Waals surface area (Å²) in [5.74, 6) is 0.870. The Kier molecular flexibility index (Phi) is 5.92. The number of hydrogen-bond donors (Lipinski definition) is 1. The topological polar surface area (TPSA) is 107 Å².